The Labute approximate surface area is 524 Å². The van der Waals surface area contributed by atoms with Crippen molar-refractivity contribution in [2.75, 3.05) is 14.7 Å². The van der Waals surface area contributed by atoms with Gasteiger partial charge in [-0.15, -0.1) is 11.3 Å². The molecule has 0 atom stereocenters. The predicted octanol–water partition coefficient (Wildman–Crippen LogP) is 21.7. The van der Waals surface area contributed by atoms with E-state index in [1.54, 1.807) is 0 Å². The van der Waals surface area contributed by atoms with Crippen LogP contribution in [0.3, 0.4) is 0 Å². The number of hydrogen-bond acceptors (Lipinski definition) is 5. The second-order valence-electron chi connectivity index (χ2n) is 29.4. The number of thiophene rings is 1. The van der Waals surface area contributed by atoms with Crippen molar-refractivity contribution < 1.29 is 4.42 Å². The smallest absolute Gasteiger partial charge is 0.264 e. The summed E-state index contributed by atoms with van der Waals surface area (Å²) < 4.78 is 9.87. The summed E-state index contributed by atoms with van der Waals surface area (Å²) in [5.74, 6) is 0. The van der Waals surface area contributed by atoms with Gasteiger partial charge in [-0.25, -0.2) is 0 Å². The lowest BCUT2D eigenvalue weighted by molar-refractivity contribution is 0.332. The largest absolute Gasteiger partial charge is 0.454 e. The fourth-order valence-electron chi connectivity index (χ4n) is 15.7. The van der Waals surface area contributed by atoms with Crippen LogP contribution in [0.4, 0.5) is 51.2 Å². The first-order valence-corrected chi connectivity index (χ1v) is 32.8. The van der Waals surface area contributed by atoms with E-state index in [1.807, 2.05) is 11.3 Å². The van der Waals surface area contributed by atoms with Crippen molar-refractivity contribution in [3.8, 4) is 22.3 Å². The second-order valence-corrected chi connectivity index (χ2v) is 30.5. The van der Waals surface area contributed by atoms with Gasteiger partial charge in [0.15, 0.2) is 5.58 Å². The Morgan fingerprint density at radius 2 is 1.05 bits per heavy atom. The molecule has 0 radical (unpaired) electrons. The first-order valence-electron chi connectivity index (χ1n) is 31.9. The van der Waals surface area contributed by atoms with E-state index < -0.39 is 0 Å². The number of anilines is 9. The first kappa shape index (κ1) is 54.8. The van der Waals surface area contributed by atoms with E-state index in [-0.39, 0.29) is 33.8 Å². The summed E-state index contributed by atoms with van der Waals surface area (Å²) in [7, 11) is 0. The van der Waals surface area contributed by atoms with Gasteiger partial charge in [0, 0.05) is 65.3 Å². The van der Waals surface area contributed by atoms with Crippen LogP contribution in [-0.2, 0) is 27.1 Å². The molecule has 4 aliphatic rings. The molecule has 88 heavy (non-hydrogen) atoms. The summed E-state index contributed by atoms with van der Waals surface area (Å²) in [4.78, 5) is 7.85. The van der Waals surface area contributed by atoms with Gasteiger partial charge in [0.1, 0.15) is 5.58 Å². The van der Waals surface area contributed by atoms with E-state index in [0.717, 1.165) is 87.3 Å². The van der Waals surface area contributed by atoms with Crippen molar-refractivity contribution in [2.24, 2.45) is 0 Å². The van der Waals surface area contributed by atoms with Gasteiger partial charge in [0.25, 0.3) is 6.71 Å². The van der Waals surface area contributed by atoms with E-state index in [2.05, 4.69) is 303 Å². The molecule has 12 aromatic rings. The fourth-order valence-corrected chi connectivity index (χ4v) is 17.0. The minimum atomic E-state index is -0.114. The van der Waals surface area contributed by atoms with Crippen LogP contribution >= 0.6 is 11.3 Å². The minimum Gasteiger partial charge on any atom is -0.454 e. The van der Waals surface area contributed by atoms with Crippen LogP contribution < -0.4 is 30.4 Å². The number of para-hydroxylation sites is 3. The zero-order valence-corrected chi connectivity index (χ0v) is 53.6. The van der Waals surface area contributed by atoms with Crippen molar-refractivity contribution in [2.45, 2.75) is 129 Å². The highest BCUT2D eigenvalue weighted by Gasteiger charge is 2.48. The van der Waals surface area contributed by atoms with Gasteiger partial charge in [-0.3, -0.25) is 0 Å². The van der Waals surface area contributed by atoms with Crippen LogP contribution in [0.25, 0.3) is 54.3 Å². The number of nitrogens with zero attached hydrogens (tertiary/aromatic N) is 3. The van der Waals surface area contributed by atoms with Crippen LogP contribution in [0.15, 0.2) is 217 Å². The average molecular weight is 1160 g/mol. The molecule has 434 valence electrons. The molecule has 4 heterocycles. The molecule has 4 nitrogen and oxygen atoms in total. The van der Waals surface area contributed by atoms with Crippen molar-refractivity contribution in [3.05, 3.63) is 240 Å². The summed E-state index contributed by atoms with van der Waals surface area (Å²) in [6.45, 7) is 26.5. The second kappa shape index (κ2) is 19.5. The Balaban J connectivity index is 1.03. The van der Waals surface area contributed by atoms with E-state index in [1.165, 1.54) is 87.4 Å². The van der Waals surface area contributed by atoms with Gasteiger partial charge >= 0.3 is 0 Å². The third-order valence-corrected chi connectivity index (χ3v) is 22.1. The molecule has 0 saturated heterocycles. The molecule has 2 aliphatic carbocycles. The molecule has 0 spiro atoms. The van der Waals surface area contributed by atoms with E-state index in [9.17, 15) is 0 Å². The Hall–Kier alpha value is -8.58. The maximum Gasteiger partial charge on any atom is 0.264 e. The Kier molecular flexibility index (Phi) is 12.1. The lowest BCUT2D eigenvalue weighted by Gasteiger charge is -2.45. The highest BCUT2D eigenvalue weighted by Crippen LogP contribution is 2.55. The van der Waals surface area contributed by atoms with Crippen molar-refractivity contribution in [3.63, 3.8) is 0 Å². The topological polar surface area (TPSA) is 22.9 Å². The maximum atomic E-state index is 7.20. The Morgan fingerprint density at radius 3 is 1.76 bits per heavy atom. The monoisotopic (exact) mass is 1160 g/mol. The lowest BCUT2D eigenvalue weighted by Crippen LogP contribution is -2.60. The van der Waals surface area contributed by atoms with Gasteiger partial charge in [-0.05, 0) is 187 Å². The van der Waals surface area contributed by atoms with Gasteiger partial charge < -0.3 is 19.1 Å². The normalized spacial score (nSPS) is 16.7. The Bertz CT molecular complexity index is 4820. The van der Waals surface area contributed by atoms with Crippen LogP contribution in [0.5, 0.6) is 0 Å². The summed E-state index contributed by atoms with van der Waals surface area (Å²) in [5, 5.41) is 3.51. The third kappa shape index (κ3) is 8.44. The molecule has 10 aromatic carbocycles. The highest BCUT2D eigenvalue weighted by atomic mass is 32.1. The molecule has 0 N–H and O–H groups in total. The first-order chi connectivity index (χ1) is 42.2. The van der Waals surface area contributed by atoms with Crippen molar-refractivity contribution in [1.29, 1.82) is 0 Å². The molecular formula is C82H76BN3OS. The number of fused-ring (bicyclic) bond motifs is 11. The number of rotatable bonds is 7. The third-order valence-electron chi connectivity index (χ3n) is 20.9. The Morgan fingerprint density at radius 1 is 0.455 bits per heavy atom. The number of furan rings is 1. The van der Waals surface area contributed by atoms with Crippen molar-refractivity contribution >= 4 is 117 Å². The molecule has 0 fully saturated rings. The molecule has 0 saturated carbocycles. The van der Waals surface area contributed by atoms with Crippen LogP contribution in [0, 0.1) is 0 Å². The summed E-state index contributed by atoms with van der Waals surface area (Å²) in [6.07, 6.45) is 4.58. The molecule has 2 aliphatic heterocycles. The van der Waals surface area contributed by atoms with E-state index in [0.29, 0.717) is 0 Å². The molecule has 16 rings (SSSR count). The van der Waals surface area contributed by atoms with Crippen LogP contribution in [0.2, 0.25) is 0 Å². The van der Waals surface area contributed by atoms with Gasteiger partial charge in [0.2, 0.25) is 0 Å². The van der Waals surface area contributed by atoms with E-state index in [4.69, 9.17) is 4.42 Å². The van der Waals surface area contributed by atoms with Crippen LogP contribution in [-0.4, -0.2) is 6.71 Å². The van der Waals surface area contributed by atoms with Crippen LogP contribution in [0.1, 0.15) is 130 Å². The lowest BCUT2D eigenvalue weighted by atomic mass is 9.36. The fraction of sp³-hybridized carbons (Fsp3) is 0.244. The summed E-state index contributed by atoms with van der Waals surface area (Å²) in [6, 6.07) is 81.1. The minimum absolute atomic E-state index is 0.00234. The molecule has 0 unspecified atom stereocenters. The SMILES string of the molecule is CC(C)(C)c1ccc2sc3c(c2c1)N(c1ccc2c(c1)C(C)(C)CCC2(C)C)c1cc(-c2ccccc2)cc2c1B3c1ccc(N(c3ccc4c(c3)C(C)(C)CCC4(C)C)c3ccccc3-c3ccccc3)cc1N2c1cccc2c1oc1ccccc12. The van der Waals surface area contributed by atoms with Gasteiger partial charge in [0.05, 0.1) is 17.1 Å². The zero-order valence-electron chi connectivity index (χ0n) is 52.8. The predicted molar refractivity (Wildman–Crippen MR) is 378 cm³/mol. The molecule has 6 heteroatoms. The molecule has 0 amide bonds. The maximum absolute atomic E-state index is 7.20. The zero-order chi connectivity index (χ0) is 60.4. The number of hydrogen-bond donors (Lipinski definition) is 0. The van der Waals surface area contributed by atoms with E-state index >= 15 is 0 Å². The van der Waals surface area contributed by atoms with Gasteiger partial charge in [-0.1, -0.05) is 210 Å². The summed E-state index contributed by atoms with van der Waals surface area (Å²) >= 11 is 1.98. The summed E-state index contributed by atoms with van der Waals surface area (Å²) in [5.41, 5.74) is 26.5. The molecule has 2 aromatic heterocycles. The average Bonchev–Trinajstić information content (AvgIpc) is 1.24. The standard InChI is InChI=1S/C82H76BN3OS/c1-78(2,3)54-33-40-73-61(47-54)75-77(88-73)83-66-39-36-57(84(67-30-20-18-27-58(67)52-25-16-13-17-26-52)55-34-37-62-64(48-55)81(8,9)43-41-79(62,4)5)50-69(66)86(68-31-22-29-60-59-28-19-21-32-72(59)87-76(60)68)71-46-53(51-23-14-12-15-24-51)45-70(74(71)83)85(75)56-35-38-63-65(49-56)82(10,11)44-42-80(63,6)7/h12-40,45-50H,41-44H2,1-11H3. The quantitative estimate of drug-likeness (QED) is 0.148. The number of benzene rings is 10. The van der Waals surface area contributed by atoms with Crippen molar-refractivity contribution in [1.82, 2.24) is 0 Å². The highest BCUT2D eigenvalue weighted by molar-refractivity contribution is 7.33. The molecule has 0 bridgehead atoms. The van der Waals surface area contributed by atoms with Gasteiger partial charge in [-0.2, -0.15) is 0 Å². The molecular weight excluding hydrogens is 1090 g/mol.